The minimum absolute atomic E-state index is 0.619. The van der Waals surface area contributed by atoms with E-state index in [0.717, 1.165) is 37.7 Å². The molecule has 0 saturated heterocycles. The zero-order valence-electron chi connectivity index (χ0n) is 12.3. The Balaban J connectivity index is 1.93. The van der Waals surface area contributed by atoms with E-state index in [1.54, 1.807) is 0 Å². The SMILES string of the molecule is OC1(C(=Cc2ccccc2)Cc2ccccc2)CCCC1. The maximum Gasteiger partial charge on any atom is 0.0863 e. The van der Waals surface area contributed by atoms with Gasteiger partial charge in [-0.15, -0.1) is 0 Å². The van der Waals surface area contributed by atoms with Gasteiger partial charge in [-0.05, 0) is 36.0 Å². The van der Waals surface area contributed by atoms with Crippen LogP contribution in [0.25, 0.3) is 6.08 Å². The first kappa shape index (κ1) is 14.1. The Morgan fingerprint density at radius 2 is 1.48 bits per heavy atom. The normalized spacial score (nSPS) is 17.9. The van der Waals surface area contributed by atoms with Crippen LogP contribution in [0.3, 0.4) is 0 Å². The van der Waals surface area contributed by atoms with Gasteiger partial charge < -0.3 is 5.11 Å². The minimum atomic E-state index is -0.619. The molecule has 0 unspecified atom stereocenters. The molecule has 21 heavy (non-hydrogen) atoms. The molecule has 0 aliphatic heterocycles. The number of hydrogen-bond acceptors (Lipinski definition) is 1. The van der Waals surface area contributed by atoms with Crippen LogP contribution in [-0.4, -0.2) is 10.7 Å². The van der Waals surface area contributed by atoms with E-state index in [-0.39, 0.29) is 0 Å². The van der Waals surface area contributed by atoms with Crippen LogP contribution in [0.5, 0.6) is 0 Å². The molecule has 1 aliphatic rings. The smallest absolute Gasteiger partial charge is 0.0863 e. The van der Waals surface area contributed by atoms with E-state index >= 15 is 0 Å². The third kappa shape index (κ3) is 3.43. The van der Waals surface area contributed by atoms with Gasteiger partial charge in [-0.2, -0.15) is 0 Å². The Bertz CT molecular complexity index is 592. The van der Waals surface area contributed by atoms with Crippen molar-refractivity contribution in [3.05, 3.63) is 77.4 Å². The molecule has 0 radical (unpaired) electrons. The summed E-state index contributed by atoms with van der Waals surface area (Å²) in [5.41, 5.74) is 2.97. The largest absolute Gasteiger partial charge is 0.385 e. The van der Waals surface area contributed by atoms with Gasteiger partial charge in [0.2, 0.25) is 0 Å². The molecule has 0 atom stereocenters. The van der Waals surface area contributed by atoms with Gasteiger partial charge in [0.1, 0.15) is 0 Å². The fourth-order valence-electron chi connectivity index (χ4n) is 3.20. The van der Waals surface area contributed by atoms with Gasteiger partial charge >= 0.3 is 0 Å². The molecule has 0 aromatic heterocycles. The molecular formula is C20H22O. The Kier molecular flexibility index (Phi) is 4.21. The van der Waals surface area contributed by atoms with Crippen molar-refractivity contribution in [1.29, 1.82) is 0 Å². The molecule has 0 heterocycles. The highest BCUT2D eigenvalue weighted by Crippen LogP contribution is 2.38. The number of benzene rings is 2. The van der Waals surface area contributed by atoms with E-state index in [2.05, 4.69) is 42.5 Å². The lowest BCUT2D eigenvalue weighted by atomic mass is 9.86. The highest BCUT2D eigenvalue weighted by atomic mass is 16.3. The maximum atomic E-state index is 11.0. The van der Waals surface area contributed by atoms with Crippen molar-refractivity contribution < 1.29 is 5.11 Å². The quantitative estimate of drug-likeness (QED) is 0.865. The summed E-state index contributed by atoms with van der Waals surface area (Å²) in [6.07, 6.45) is 7.02. The Morgan fingerprint density at radius 3 is 2.10 bits per heavy atom. The van der Waals surface area contributed by atoms with Crippen molar-refractivity contribution in [1.82, 2.24) is 0 Å². The second-order valence-electron chi connectivity index (χ2n) is 5.98. The van der Waals surface area contributed by atoms with Crippen molar-refractivity contribution in [3.63, 3.8) is 0 Å². The summed E-state index contributed by atoms with van der Waals surface area (Å²) < 4.78 is 0. The van der Waals surface area contributed by atoms with E-state index < -0.39 is 5.60 Å². The van der Waals surface area contributed by atoms with Gasteiger partial charge in [0.05, 0.1) is 5.60 Å². The van der Waals surface area contributed by atoms with Crippen LogP contribution < -0.4 is 0 Å². The Labute approximate surface area is 127 Å². The zero-order chi connectivity index (χ0) is 14.5. The minimum Gasteiger partial charge on any atom is -0.385 e. The number of hydrogen-bond donors (Lipinski definition) is 1. The average Bonchev–Trinajstić information content (AvgIpc) is 2.97. The van der Waals surface area contributed by atoms with Crippen LogP contribution in [0.4, 0.5) is 0 Å². The van der Waals surface area contributed by atoms with Crippen LogP contribution in [0, 0.1) is 0 Å². The second-order valence-corrected chi connectivity index (χ2v) is 5.98. The lowest BCUT2D eigenvalue weighted by Gasteiger charge is -2.26. The molecule has 1 saturated carbocycles. The summed E-state index contributed by atoms with van der Waals surface area (Å²) in [7, 11) is 0. The Morgan fingerprint density at radius 1 is 0.905 bits per heavy atom. The van der Waals surface area contributed by atoms with Gasteiger partial charge in [0, 0.05) is 0 Å². The summed E-state index contributed by atoms with van der Waals surface area (Å²) in [5.74, 6) is 0. The topological polar surface area (TPSA) is 20.2 Å². The fourth-order valence-corrected chi connectivity index (χ4v) is 3.20. The molecule has 2 aromatic carbocycles. The summed E-state index contributed by atoms with van der Waals surface area (Å²) in [4.78, 5) is 0. The molecule has 1 heteroatoms. The van der Waals surface area contributed by atoms with Crippen molar-refractivity contribution in [2.45, 2.75) is 37.7 Å². The first-order valence-corrected chi connectivity index (χ1v) is 7.79. The molecule has 1 N–H and O–H groups in total. The number of aliphatic hydroxyl groups is 1. The molecule has 0 amide bonds. The standard InChI is InChI=1S/C20H22O/c21-20(13-7-8-14-20)19(15-17-9-3-1-4-10-17)16-18-11-5-2-6-12-18/h1-6,9-12,15,21H,7-8,13-14,16H2. The predicted octanol–water partition coefficient (Wildman–Crippen LogP) is 4.62. The Hall–Kier alpha value is -1.86. The average molecular weight is 278 g/mol. The number of rotatable bonds is 4. The lowest BCUT2D eigenvalue weighted by molar-refractivity contribution is 0.0850. The van der Waals surface area contributed by atoms with E-state index in [0.29, 0.717) is 0 Å². The van der Waals surface area contributed by atoms with E-state index in [4.69, 9.17) is 0 Å². The summed E-state index contributed by atoms with van der Waals surface area (Å²) in [5, 5.41) is 11.0. The monoisotopic (exact) mass is 278 g/mol. The van der Waals surface area contributed by atoms with Crippen LogP contribution in [0.15, 0.2) is 66.2 Å². The van der Waals surface area contributed by atoms with Crippen molar-refractivity contribution in [2.75, 3.05) is 0 Å². The third-order valence-corrected chi connectivity index (χ3v) is 4.41. The molecular weight excluding hydrogens is 256 g/mol. The van der Waals surface area contributed by atoms with Crippen molar-refractivity contribution in [2.24, 2.45) is 0 Å². The van der Waals surface area contributed by atoms with E-state index in [9.17, 15) is 5.11 Å². The first-order valence-electron chi connectivity index (χ1n) is 7.79. The summed E-state index contributed by atoms with van der Waals surface area (Å²) in [6, 6.07) is 20.8. The van der Waals surface area contributed by atoms with Gasteiger partial charge in [-0.1, -0.05) is 79.6 Å². The van der Waals surface area contributed by atoms with E-state index in [1.807, 2.05) is 24.3 Å². The van der Waals surface area contributed by atoms with Crippen LogP contribution >= 0.6 is 0 Å². The van der Waals surface area contributed by atoms with Crippen LogP contribution in [-0.2, 0) is 6.42 Å². The lowest BCUT2D eigenvalue weighted by Crippen LogP contribution is -2.28. The molecule has 2 aromatic rings. The summed E-state index contributed by atoms with van der Waals surface area (Å²) >= 11 is 0. The highest BCUT2D eigenvalue weighted by molar-refractivity contribution is 5.56. The highest BCUT2D eigenvalue weighted by Gasteiger charge is 2.34. The van der Waals surface area contributed by atoms with Crippen molar-refractivity contribution in [3.8, 4) is 0 Å². The van der Waals surface area contributed by atoms with Gasteiger partial charge in [-0.3, -0.25) is 0 Å². The predicted molar refractivity (Wildman–Crippen MR) is 88.0 cm³/mol. The molecule has 1 fully saturated rings. The van der Waals surface area contributed by atoms with Gasteiger partial charge in [0.15, 0.2) is 0 Å². The first-order chi connectivity index (χ1) is 10.3. The molecule has 0 bridgehead atoms. The van der Waals surface area contributed by atoms with Crippen LogP contribution in [0.2, 0.25) is 0 Å². The van der Waals surface area contributed by atoms with Gasteiger partial charge in [-0.25, -0.2) is 0 Å². The molecule has 108 valence electrons. The van der Waals surface area contributed by atoms with E-state index in [1.165, 1.54) is 11.1 Å². The van der Waals surface area contributed by atoms with Gasteiger partial charge in [0.25, 0.3) is 0 Å². The molecule has 3 rings (SSSR count). The molecule has 1 aliphatic carbocycles. The van der Waals surface area contributed by atoms with Crippen LogP contribution in [0.1, 0.15) is 36.8 Å². The fraction of sp³-hybridized carbons (Fsp3) is 0.300. The third-order valence-electron chi connectivity index (χ3n) is 4.41. The molecule has 1 nitrogen and oxygen atoms in total. The zero-order valence-corrected chi connectivity index (χ0v) is 12.3. The van der Waals surface area contributed by atoms with Crippen molar-refractivity contribution >= 4 is 6.08 Å². The summed E-state index contributed by atoms with van der Waals surface area (Å²) in [6.45, 7) is 0. The second kappa shape index (κ2) is 6.28. The maximum absolute atomic E-state index is 11.0. The molecule has 0 spiro atoms.